The summed E-state index contributed by atoms with van der Waals surface area (Å²) >= 11 is 0. The van der Waals surface area contributed by atoms with Gasteiger partial charge in [0.05, 0.1) is 15.7 Å². The van der Waals surface area contributed by atoms with Gasteiger partial charge in [0, 0.05) is 18.7 Å². The Labute approximate surface area is 221 Å². The third-order valence-electron chi connectivity index (χ3n) is 5.62. The lowest BCUT2D eigenvalue weighted by molar-refractivity contribution is -0.154. The van der Waals surface area contributed by atoms with Crippen LogP contribution < -0.4 is 10.6 Å². The van der Waals surface area contributed by atoms with Crippen molar-refractivity contribution in [3.8, 4) is 0 Å². The smallest absolute Gasteiger partial charge is 0.306 e. The summed E-state index contributed by atoms with van der Waals surface area (Å²) in [4.78, 5) is 25.6. The highest BCUT2D eigenvalue weighted by molar-refractivity contribution is 7.96. The van der Waals surface area contributed by atoms with Gasteiger partial charge in [-0.15, -0.1) is 0 Å². The van der Waals surface area contributed by atoms with E-state index in [1.54, 1.807) is 26.8 Å². The van der Waals surface area contributed by atoms with Crippen LogP contribution in [0.15, 0.2) is 66.1 Å². The fourth-order valence-corrected chi connectivity index (χ4v) is 4.72. The van der Waals surface area contributed by atoms with E-state index < -0.39 is 26.2 Å². The number of esters is 1. The maximum absolute atomic E-state index is 13.4. The lowest BCUT2D eigenvalue weighted by Gasteiger charge is -2.24. The van der Waals surface area contributed by atoms with Crippen LogP contribution in [-0.2, 0) is 37.0 Å². The van der Waals surface area contributed by atoms with Crippen molar-refractivity contribution in [2.75, 3.05) is 11.9 Å². The number of hydrogen-bond acceptors (Lipinski definition) is 6. The van der Waals surface area contributed by atoms with Crippen LogP contribution in [0.3, 0.4) is 0 Å². The average Bonchev–Trinajstić information content (AvgIpc) is 2.79. The molecular weight excluding hydrogens is 488 g/mol. The minimum absolute atomic E-state index is 0.0311. The summed E-state index contributed by atoms with van der Waals surface area (Å²) in [5.74, 6) is -0.620. The Morgan fingerprint density at radius 2 is 1.54 bits per heavy atom. The van der Waals surface area contributed by atoms with Crippen molar-refractivity contribution in [3.63, 3.8) is 0 Å². The van der Waals surface area contributed by atoms with E-state index in [-0.39, 0.29) is 29.7 Å². The molecule has 0 saturated heterocycles. The minimum Gasteiger partial charge on any atom is -0.460 e. The Morgan fingerprint density at radius 1 is 0.946 bits per heavy atom. The second-order valence-electron chi connectivity index (χ2n) is 11.0. The van der Waals surface area contributed by atoms with Gasteiger partial charge in [-0.05, 0) is 71.6 Å². The topological polar surface area (TPSA) is 102 Å². The largest absolute Gasteiger partial charge is 0.460 e. The Kier molecular flexibility index (Phi) is 10.2. The van der Waals surface area contributed by atoms with Crippen LogP contribution in [0.25, 0.3) is 0 Å². The van der Waals surface area contributed by atoms with Crippen LogP contribution >= 0.6 is 0 Å². The van der Waals surface area contributed by atoms with Gasteiger partial charge in [0.15, 0.2) is 9.84 Å². The summed E-state index contributed by atoms with van der Waals surface area (Å²) in [7, 11) is -3.60. The molecule has 2 aromatic rings. The van der Waals surface area contributed by atoms with Crippen molar-refractivity contribution in [2.45, 2.75) is 77.2 Å². The van der Waals surface area contributed by atoms with Crippen molar-refractivity contribution in [1.29, 1.82) is 0 Å². The maximum Gasteiger partial charge on any atom is 0.306 e. The molecule has 1 atom stereocenters. The van der Waals surface area contributed by atoms with Gasteiger partial charge < -0.3 is 15.4 Å². The first-order valence-corrected chi connectivity index (χ1v) is 13.9. The number of para-hydroxylation sites is 1. The van der Waals surface area contributed by atoms with E-state index in [4.69, 9.17) is 4.74 Å². The number of nitrogens with one attached hydrogen (secondary N) is 2. The molecule has 0 aliphatic heterocycles. The summed E-state index contributed by atoms with van der Waals surface area (Å²) in [6.45, 7) is 14.0. The number of aryl methyl sites for hydroxylation is 1. The SMILES string of the molecule is C=C(CNC(Cc1ccccc1)C(=O)Nc1ccccc1CCC(=O)OC(C)(C)C)S(=O)(=O)C(C)(C)C. The molecule has 1 amide bonds. The molecule has 2 N–H and O–H groups in total. The first-order valence-electron chi connectivity index (χ1n) is 12.4. The molecule has 0 saturated carbocycles. The molecule has 1 unspecified atom stereocenters. The number of hydrogen-bond donors (Lipinski definition) is 2. The Balaban J connectivity index is 2.18. The predicted molar refractivity (Wildman–Crippen MR) is 149 cm³/mol. The number of anilines is 1. The van der Waals surface area contributed by atoms with Gasteiger partial charge in [-0.2, -0.15) is 0 Å². The summed E-state index contributed by atoms with van der Waals surface area (Å²) in [5, 5.41) is 6.06. The molecule has 0 bridgehead atoms. The highest BCUT2D eigenvalue weighted by Crippen LogP contribution is 2.23. The molecule has 0 heterocycles. The van der Waals surface area contributed by atoms with Gasteiger partial charge in [-0.25, -0.2) is 8.42 Å². The molecule has 0 aliphatic rings. The Bertz CT molecular complexity index is 1190. The van der Waals surface area contributed by atoms with Crippen LogP contribution in [0, 0.1) is 0 Å². The third-order valence-corrected chi connectivity index (χ3v) is 8.14. The van der Waals surface area contributed by atoms with Gasteiger partial charge in [-0.1, -0.05) is 55.1 Å². The van der Waals surface area contributed by atoms with Gasteiger partial charge >= 0.3 is 5.97 Å². The van der Waals surface area contributed by atoms with E-state index in [1.165, 1.54) is 0 Å². The minimum atomic E-state index is -3.60. The number of carbonyl (C=O) groups is 2. The monoisotopic (exact) mass is 528 g/mol. The Hall–Kier alpha value is -2.97. The maximum atomic E-state index is 13.4. The quantitative estimate of drug-likeness (QED) is 0.405. The lowest BCUT2D eigenvalue weighted by atomic mass is 10.0. The number of benzene rings is 2. The van der Waals surface area contributed by atoms with E-state index >= 15 is 0 Å². The molecule has 8 heteroatoms. The van der Waals surface area contributed by atoms with Crippen LogP contribution in [0.5, 0.6) is 0 Å². The predicted octanol–water partition coefficient (Wildman–Crippen LogP) is 4.83. The zero-order valence-corrected chi connectivity index (χ0v) is 23.6. The summed E-state index contributed by atoms with van der Waals surface area (Å²) in [5.41, 5.74) is 1.76. The summed E-state index contributed by atoms with van der Waals surface area (Å²) in [6, 6.07) is 16.1. The number of sulfone groups is 1. The van der Waals surface area contributed by atoms with Crippen LogP contribution in [0.1, 0.15) is 59.1 Å². The van der Waals surface area contributed by atoms with Crippen molar-refractivity contribution in [3.05, 3.63) is 77.2 Å². The van der Waals surface area contributed by atoms with Crippen molar-refractivity contribution < 1.29 is 22.7 Å². The fourth-order valence-electron chi connectivity index (χ4n) is 3.58. The molecule has 0 radical (unpaired) electrons. The van der Waals surface area contributed by atoms with Crippen LogP contribution in [0.4, 0.5) is 5.69 Å². The van der Waals surface area contributed by atoms with E-state index in [2.05, 4.69) is 17.2 Å². The molecule has 7 nitrogen and oxygen atoms in total. The molecule has 202 valence electrons. The van der Waals surface area contributed by atoms with E-state index in [1.807, 2.05) is 69.3 Å². The fraction of sp³-hybridized carbons (Fsp3) is 0.448. The highest BCUT2D eigenvalue weighted by atomic mass is 32.2. The standard InChI is InChI=1S/C29H40N2O5S/c1-21(37(34,35)29(5,6)7)20-30-25(19-22-13-9-8-10-14-22)27(33)31-24-16-12-11-15-23(24)17-18-26(32)36-28(2,3)4/h8-16,25,30H,1,17-20H2,2-7H3,(H,31,33). The zero-order valence-electron chi connectivity index (χ0n) is 22.8. The molecule has 2 aromatic carbocycles. The summed E-state index contributed by atoms with van der Waals surface area (Å²) in [6.07, 6.45) is 0.943. The van der Waals surface area contributed by atoms with Crippen LogP contribution in [0.2, 0.25) is 0 Å². The van der Waals surface area contributed by atoms with Gasteiger partial charge in [0.2, 0.25) is 5.91 Å². The normalized spacial score (nSPS) is 13.0. The first-order chi connectivity index (χ1) is 17.1. The molecule has 0 fully saturated rings. The Morgan fingerprint density at radius 3 is 2.14 bits per heavy atom. The third kappa shape index (κ3) is 9.44. The van der Waals surface area contributed by atoms with Crippen molar-refractivity contribution in [1.82, 2.24) is 5.32 Å². The number of rotatable bonds is 11. The number of ether oxygens (including phenoxy) is 1. The molecule has 37 heavy (non-hydrogen) atoms. The van der Waals surface area contributed by atoms with Crippen LogP contribution in [-0.4, -0.2) is 43.2 Å². The van der Waals surface area contributed by atoms with Gasteiger partial charge in [0.25, 0.3) is 0 Å². The first kappa shape index (κ1) is 30.3. The average molecular weight is 529 g/mol. The van der Waals surface area contributed by atoms with Gasteiger partial charge in [-0.3, -0.25) is 9.59 Å². The van der Waals surface area contributed by atoms with E-state index in [0.29, 0.717) is 18.5 Å². The second-order valence-corrected chi connectivity index (χ2v) is 13.8. The molecular formula is C29H40N2O5S. The van der Waals surface area contributed by atoms with Crippen molar-refractivity contribution >= 4 is 27.4 Å². The molecule has 2 rings (SSSR count). The summed E-state index contributed by atoms with van der Waals surface area (Å²) < 4.78 is 29.9. The molecule has 0 aromatic heterocycles. The number of amides is 1. The zero-order chi connectivity index (χ0) is 27.9. The second kappa shape index (κ2) is 12.5. The van der Waals surface area contributed by atoms with E-state index in [0.717, 1.165) is 11.1 Å². The lowest BCUT2D eigenvalue weighted by Crippen LogP contribution is -2.44. The van der Waals surface area contributed by atoms with E-state index in [9.17, 15) is 18.0 Å². The molecule has 0 spiro atoms. The van der Waals surface area contributed by atoms with Crippen molar-refractivity contribution in [2.24, 2.45) is 0 Å². The highest BCUT2D eigenvalue weighted by Gasteiger charge is 2.32. The number of carbonyl (C=O) groups excluding carboxylic acids is 2. The van der Waals surface area contributed by atoms with Gasteiger partial charge in [0.1, 0.15) is 5.60 Å². The molecule has 0 aliphatic carbocycles.